The maximum absolute atomic E-state index is 12.8. The molecule has 0 N–H and O–H groups in total. The zero-order valence-corrected chi connectivity index (χ0v) is 18.5. The number of carbonyl (C=O) groups is 1. The van der Waals surface area contributed by atoms with Gasteiger partial charge in [0, 0.05) is 18.2 Å². The van der Waals surface area contributed by atoms with E-state index in [1.54, 1.807) is 18.0 Å². The van der Waals surface area contributed by atoms with Gasteiger partial charge in [-0.1, -0.05) is 50.2 Å². The molecule has 3 rings (SSSR count). The van der Waals surface area contributed by atoms with Crippen LogP contribution in [-0.4, -0.2) is 34.6 Å². The van der Waals surface area contributed by atoms with E-state index in [0.717, 1.165) is 16.9 Å². The average molecular weight is 408 g/mol. The lowest BCUT2D eigenvalue weighted by molar-refractivity contribution is 0.0769. The molecule has 6 heteroatoms. The van der Waals surface area contributed by atoms with Crippen LogP contribution in [-0.2, 0) is 12.0 Å². The second-order valence-corrected chi connectivity index (χ2v) is 8.41. The molecule has 0 saturated heterocycles. The van der Waals surface area contributed by atoms with Crippen molar-refractivity contribution in [2.45, 2.75) is 46.6 Å². The molecule has 1 heterocycles. The molecule has 0 atom stereocenters. The number of hydrogen-bond acceptors (Lipinski definition) is 5. The van der Waals surface area contributed by atoms with E-state index in [2.05, 4.69) is 43.0 Å². The van der Waals surface area contributed by atoms with Crippen molar-refractivity contribution in [3.63, 3.8) is 0 Å². The number of aryl methyl sites for hydroxylation is 1. The summed E-state index contributed by atoms with van der Waals surface area (Å²) in [7, 11) is 1.72. The highest BCUT2D eigenvalue weighted by molar-refractivity contribution is 5.94. The third-order valence-electron chi connectivity index (χ3n) is 4.92. The molecule has 30 heavy (non-hydrogen) atoms. The highest BCUT2D eigenvalue weighted by Gasteiger charge is 2.18. The Bertz CT molecular complexity index is 1020. The fourth-order valence-corrected chi connectivity index (χ4v) is 3.15. The lowest BCUT2D eigenvalue weighted by Crippen LogP contribution is -2.26. The first-order chi connectivity index (χ1) is 14.2. The first kappa shape index (κ1) is 21.6. The summed E-state index contributed by atoms with van der Waals surface area (Å²) in [6.07, 6.45) is 0. The van der Waals surface area contributed by atoms with E-state index < -0.39 is 0 Å². The van der Waals surface area contributed by atoms with Crippen LogP contribution in [0, 0.1) is 6.92 Å². The molecule has 0 fully saturated rings. The van der Waals surface area contributed by atoms with Crippen molar-refractivity contribution in [1.29, 1.82) is 0 Å². The van der Waals surface area contributed by atoms with Crippen LogP contribution in [0.2, 0.25) is 0 Å². The van der Waals surface area contributed by atoms with E-state index in [1.165, 1.54) is 5.56 Å². The van der Waals surface area contributed by atoms with E-state index in [1.807, 2.05) is 38.1 Å². The first-order valence-corrected chi connectivity index (χ1v) is 10.1. The summed E-state index contributed by atoms with van der Waals surface area (Å²) in [6, 6.07) is 13.6. The van der Waals surface area contributed by atoms with Crippen LogP contribution in [0.3, 0.4) is 0 Å². The van der Waals surface area contributed by atoms with Crippen molar-refractivity contribution < 1.29 is 14.1 Å². The highest BCUT2D eigenvalue weighted by Crippen LogP contribution is 2.25. The Morgan fingerprint density at radius 3 is 2.43 bits per heavy atom. The van der Waals surface area contributed by atoms with Crippen LogP contribution in [0.5, 0.6) is 5.75 Å². The Morgan fingerprint density at radius 2 is 1.83 bits per heavy atom. The molecule has 0 aliphatic carbocycles. The van der Waals surface area contributed by atoms with Crippen LogP contribution in [0.1, 0.15) is 55.1 Å². The Hall–Kier alpha value is -3.15. The number of rotatable bonds is 6. The van der Waals surface area contributed by atoms with Gasteiger partial charge in [-0.15, -0.1) is 0 Å². The lowest BCUT2D eigenvalue weighted by atomic mass is 9.87. The Balaban J connectivity index is 1.69. The minimum Gasteiger partial charge on any atom is -0.494 e. The normalized spacial score (nSPS) is 11.4. The summed E-state index contributed by atoms with van der Waals surface area (Å²) in [6.45, 7) is 11.2. The van der Waals surface area contributed by atoms with Gasteiger partial charge in [-0.05, 0) is 48.6 Å². The third kappa shape index (κ3) is 4.87. The van der Waals surface area contributed by atoms with Crippen LogP contribution < -0.4 is 4.74 Å². The molecule has 3 aromatic rings. The second kappa shape index (κ2) is 8.69. The quantitative estimate of drug-likeness (QED) is 0.574. The van der Waals surface area contributed by atoms with Gasteiger partial charge in [-0.25, -0.2) is 0 Å². The van der Waals surface area contributed by atoms with Gasteiger partial charge in [0.15, 0.2) is 0 Å². The van der Waals surface area contributed by atoms with Crippen LogP contribution in [0.15, 0.2) is 47.0 Å². The maximum atomic E-state index is 12.8. The van der Waals surface area contributed by atoms with Gasteiger partial charge in [-0.2, -0.15) is 4.98 Å². The lowest BCUT2D eigenvalue weighted by Gasteiger charge is -2.18. The summed E-state index contributed by atoms with van der Waals surface area (Å²) in [5, 5.41) is 4.07. The molecule has 0 saturated carbocycles. The molecule has 0 radical (unpaired) electrons. The van der Waals surface area contributed by atoms with E-state index in [0.29, 0.717) is 23.9 Å². The topological polar surface area (TPSA) is 68.5 Å². The van der Waals surface area contributed by atoms with Gasteiger partial charge < -0.3 is 14.2 Å². The number of hydrogen-bond donors (Lipinski definition) is 0. The highest BCUT2D eigenvalue weighted by atomic mass is 16.5. The van der Waals surface area contributed by atoms with E-state index in [-0.39, 0.29) is 17.9 Å². The van der Waals surface area contributed by atoms with Crippen molar-refractivity contribution in [3.8, 4) is 17.1 Å². The molecule has 0 bridgehead atoms. The molecule has 158 valence electrons. The largest absolute Gasteiger partial charge is 0.494 e. The minimum absolute atomic E-state index is 0.0865. The molecule has 0 unspecified atom stereocenters. The Morgan fingerprint density at radius 1 is 1.13 bits per heavy atom. The monoisotopic (exact) mass is 407 g/mol. The number of ether oxygens (including phenoxy) is 1. The van der Waals surface area contributed by atoms with Crippen LogP contribution in [0.25, 0.3) is 11.4 Å². The van der Waals surface area contributed by atoms with Crippen LogP contribution >= 0.6 is 0 Å². The number of aromatic nitrogens is 2. The molecule has 1 amide bonds. The number of amides is 1. The molecule has 0 aliphatic rings. The van der Waals surface area contributed by atoms with Crippen molar-refractivity contribution in [1.82, 2.24) is 15.0 Å². The van der Waals surface area contributed by atoms with Crippen molar-refractivity contribution in [2.24, 2.45) is 0 Å². The fourth-order valence-electron chi connectivity index (χ4n) is 3.15. The Kier molecular flexibility index (Phi) is 6.25. The van der Waals surface area contributed by atoms with Gasteiger partial charge in [0.2, 0.25) is 11.7 Å². The van der Waals surface area contributed by atoms with Gasteiger partial charge in [0.1, 0.15) is 5.75 Å². The van der Waals surface area contributed by atoms with Crippen LogP contribution in [0.4, 0.5) is 0 Å². The van der Waals surface area contributed by atoms with Crippen molar-refractivity contribution in [2.75, 3.05) is 13.7 Å². The fraction of sp³-hybridized carbons (Fsp3) is 0.375. The predicted octanol–water partition coefficient (Wildman–Crippen LogP) is 5.01. The number of nitrogens with zero attached hydrogens (tertiary/aromatic N) is 3. The molecule has 1 aromatic heterocycles. The van der Waals surface area contributed by atoms with E-state index in [9.17, 15) is 4.79 Å². The summed E-state index contributed by atoms with van der Waals surface area (Å²) in [5.74, 6) is 1.58. The summed E-state index contributed by atoms with van der Waals surface area (Å²) < 4.78 is 10.9. The standard InChI is InChI=1S/C24H29N3O3/c1-7-29-20-13-10-18(14-16(20)2)23(28)27(6)15-21-25-22(26-30-21)17-8-11-19(12-9-17)24(3,4)5/h8-14H,7,15H2,1-6H3. The second-order valence-electron chi connectivity index (χ2n) is 8.41. The number of benzene rings is 2. The van der Waals surface area contributed by atoms with Crippen molar-refractivity contribution in [3.05, 3.63) is 65.0 Å². The van der Waals surface area contributed by atoms with Gasteiger partial charge >= 0.3 is 0 Å². The minimum atomic E-state index is -0.115. The van der Waals surface area contributed by atoms with E-state index >= 15 is 0 Å². The smallest absolute Gasteiger partial charge is 0.254 e. The summed E-state index contributed by atoms with van der Waals surface area (Å²) in [4.78, 5) is 18.8. The zero-order valence-electron chi connectivity index (χ0n) is 18.5. The predicted molar refractivity (Wildman–Crippen MR) is 117 cm³/mol. The molecule has 6 nitrogen and oxygen atoms in total. The molecular weight excluding hydrogens is 378 g/mol. The summed E-state index contributed by atoms with van der Waals surface area (Å²) in [5.41, 5.74) is 3.73. The van der Waals surface area contributed by atoms with E-state index in [4.69, 9.17) is 9.26 Å². The molecular formula is C24H29N3O3. The molecule has 0 spiro atoms. The SMILES string of the molecule is CCOc1ccc(C(=O)N(C)Cc2nc(-c3ccc(C(C)(C)C)cc3)no2)cc1C. The van der Waals surface area contributed by atoms with Crippen molar-refractivity contribution >= 4 is 5.91 Å². The first-order valence-electron chi connectivity index (χ1n) is 10.1. The van der Waals surface area contributed by atoms with Gasteiger partial charge in [0.25, 0.3) is 5.91 Å². The molecule has 0 aliphatic heterocycles. The van der Waals surface area contributed by atoms with Gasteiger partial charge in [0.05, 0.1) is 13.2 Å². The average Bonchev–Trinajstić information content (AvgIpc) is 3.17. The Labute approximate surface area is 177 Å². The van der Waals surface area contributed by atoms with Gasteiger partial charge in [-0.3, -0.25) is 4.79 Å². The molecule has 2 aromatic carbocycles. The third-order valence-corrected chi connectivity index (χ3v) is 4.92. The summed E-state index contributed by atoms with van der Waals surface area (Å²) >= 11 is 0. The zero-order chi connectivity index (χ0) is 21.9. The maximum Gasteiger partial charge on any atom is 0.254 e. The number of carbonyl (C=O) groups excluding carboxylic acids is 1.